The number of rotatable bonds is 4. The second-order valence-corrected chi connectivity index (χ2v) is 6.51. The molecule has 0 saturated carbocycles. The molecule has 5 heteroatoms. The molecule has 1 aromatic rings. The Balaban J connectivity index is 1.49. The molecule has 1 aromatic carbocycles. The largest absolute Gasteiger partial charge is 0.508 e. The quantitative estimate of drug-likeness (QED) is 0.782. The second-order valence-electron chi connectivity index (χ2n) is 6.51. The van der Waals surface area contributed by atoms with E-state index in [1.165, 1.54) is 5.57 Å². The summed E-state index contributed by atoms with van der Waals surface area (Å²) in [5, 5.41) is 15.9. The molecule has 0 amide bonds. The average Bonchev–Trinajstić information content (AvgIpc) is 3.01. The van der Waals surface area contributed by atoms with Gasteiger partial charge in [-0.25, -0.2) is 0 Å². The molecule has 2 aliphatic heterocycles. The number of allylic oxidation sites excluding steroid dienone is 1. The van der Waals surface area contributed by atoms with E-state index in [9.17, 15) is 9.90 Å². The van der Waals surface area contributed by atoms with Crippen LogP contribution in [0.1, 0.15) is 12.0 Å². The zero-order valence-electron chi connectivity index (χ0n) is 13.7. The van der Waals surface area contributed by atoms with Gasteiger partial charge in [-0.1, -0.05) is 12.1 Å². The summed E-state index contributed by atoms with van der Waals surface area (Å²) in [5.41, 5.74) is 5.36. The maximum Gasteiger partial charge on any atom is 0.205 e. The Morgan fingerprint density at radius 2 is 2.12 bits per heavy atom. The van der Waals surface area contributed by atoms with Gasteiger partial charge >= 0.3 is 0 Å². The molecule has 2 heterocycles. The number of benzene rings is 1. The lowest BCUT2D eigenvalue weighted by atomic mass is 9.86. The van der Waals surface area contributed by atoms with Gasteiger partial charge in [0.25, 0.3) is 0 Å². The van der Waals surface area contributed by atoms with E-state index in [0.717, 1.165) is 36.2 Å². The molecule has 124 valence electrons. The number of nitrogens with zero attached hydrogens (tertiary/aromatic N) is 1. The van der Waals surface area contributed by atoms with Crippen molar-refractivity contribution in [1.82, 2.24) is 15.5 Å². The van der Waals surface area contributed by atoms with Crippen LogP contribution in [0.3, 0.4) is 0 Å². The molecule has 0 bridgehead atoms. The Kier molecular flexibility index (Phi) is 3.56. The lowest BCUT2D eigenvalue weighted by Gasteiger charge is -2.34. The van der Waals surface area contributed by atoms with Crippen LogP contribution in [0.25, 0.3) is 0 Å². The first-order chi connectivity index (χ1) is 11.6. The van der Waals surface area contributed by atoms with E-state index in [2.05, 4.69) is 22.6 Å². The molecule has 5 nitrogen and oxygen atoms in total. The van der Waals surface area contributed by atoms with Gasteiger partial charge in [0, 0.05) is 37.6 Å². The number of phenols is 1. The Morgan fingerprint density at radius 3 is 2.92 bits per heavy atom. The molecule has 0 aromatic heterocycles. The number of hydrogen-bond donors (Lipinski definition) is 3. The molecule has 3 N–H and O–H groups in total. The molecule has 1 atom stereocenters. The fraction of sp³-hybridized carbons (Fsp3) is 0.316. The van der Waals surface area contributed by atoms with Crippen LogP contribution in [0.15, 0.2) is 59.1 Å². The van der Waals surface area contributed by atoms with E-state index in [-0.39, 0.29) is 17.6 Å². The average molecular weight is 323 g/mol. The number of hydrogen-bond acceptors (Lipinski definition) is 5. The van der Waals surface area contributed by atoms with Crippen molar-refractivity contribution in [2.75, 3.05) is 20.1 Å². The molecule has 0 spiro atoms. The summed E-state index contributed by atoms with van der Waals surface area (Å²) in [7, 11) is 2.08. The number of aromatic hydroxyl groups is 1. The van der Waals surface area contributed by atoms with Crippen LogP contribution < -0.4 is 10.6 Å². The predicted molar refractivity (Wildman–Crippen MR) is 92.2 cm³/mol. The molecule has 0 radical (unpaired) electrons. The fourth-order valence-electron chi connectivity index (χ4n) is 3.56. The zero-order chi connectivity index (χ0) is 16.7. The minimum absolute atomic E-state index is 0.112. The van der Waals surface area contributed by atoms with E-state index in [0.29, 0.717) is 12.2 Å². The minimum atomic E-state index is -0.237. The SMILES string of the molecule is CN1CCC2=CNC3C(=O)C(NCCc4ccc(O)cc4)=CC1=C23. The summed E-state index contributed by atoms with van der Waals surface area (Å²) < 4.78 is 0. The van der Waals surface area contributed by atoms with Crippen molar-refractivity contribution in [1.29, 1.82) is 0 Å². The molecule has 1 aliphatic carbocycles. The van der Waals surface area contributed by atoms with Gasteiger partial charge in [0.1, 0.15) is 11.8 Å². The monoisotopic (exact) mass is 323 g/mol. The van der Waals surface area contributed by atoms with Crippen molar-refractivity contribution < 1.29 is 9.90 Å². The highest BCUT2D eigenvalue weighted by molar-refractivity contribution is 6.04. The highest BCUT2D eigenvalue weighted by Gasteiger charge is 2.39. The van der Waals surface area contributed by atoms with E-state index in [1.54, 1.807) is 12.1 Å². The molecule has 4 rings (SSSR count). The number of carbonyl (C=O) groups is 1. The predicted octanol–water partition coefficient (Wildman–Crippen LogP) is 1.44. The van der Waals surface area contributed by atoms with E-state index >= 15 is 0 Å². The van der Waals surface area contributed by atoms with Gasteiger partial charge in [-0.15, -0.1) is 0 Å². The molecule has 3 aliphatic rings. The molecular formula is C19H21N3O2. The molecule has 1 unspecified atom stereocenters. The maximum atomic E-state index is 12.7. The molecule has 0 saturated heterocycles. The van der Waals surface area contributed by atoms with E-state index in [4.69, 9.17) is 0 Å². The van der Waals surface area contributed by atoms with Crippen LogP contribution in [0.4, 0.5) is 0 Å². The minimum Gasteiger partial charge on any atom is -0.508 e. The van der Waals surface area contributed by atoms with E-state index < -0.39 is 0 Å². The van der Waals surface area contributed by atoms with Gasteiger partial charge in [-0.2, -0.15) is 0 Å². The normalized spacial score (nSPS) is 22.0. The number of ketones is 1. The molecule has 0 fully saturated rings. The van der Waals surface area contributed by atoms with Gasteiger partial charge in [-0.3, -0.25) is 4.79 Å². The third-order valence-electron chi connectivity index (χ3n) is 4.94. The second kappa shape index (κ2) is 5.74. The number of Topliss-reactive ketones (excluding diaryl/α,β-unsaturated/α-hetero) is 1. The van der Waals surface area contributed by atoms with Gasteiger partial charge in [0.15, 0.2) is 0 Å². The number of phenolic OH excluding ortho intramolecular Hbond substituents is 1. The van der Waals surface area contributed by atoms with Crippen LogP contribution in [-0.2, 0) is 11.2 Å². The molecule has 24 heavy (non-hydrogen) atoms. The topological polar surface area (TPSA) is 64.6 Å². The Bertz CT molecular complexity index is 774. The van der Waals surface area contributed by atoms with Crippen LogP contribution in [-0.4, -0.2) is 42.0 Å². The third-order valence-corrected chi connectivity index (χ3v) is 4.94. The van der Waals surface area contributed by atoms with Crippen molar-refractivity contribution in [2.24, 2.45) is 0 Å². The van der Waals surface area contributed by atoms with Crippen molar-refractivity contribution in [3.05, 3.63) is 64.6 Å². The summed E-state index contributed by atoms with van der Waals surface area (Å²) >= 11 is 0. The lowest BCUT2D eigenvalue weighted by Crippen LogP contribution is -2.42. The number of likely N-dealkylation sites (N-methyl/N-ethyl adjacent to an activating group) is 1. The number of carbonyl (C=O) groups excluding carboxylic acids is 1. The van der Waals surface area contributed by atoms with Crippen LogP contribution in [0, 0.1) is 0 Å². The van der Waals surface area contributed by atoms with Crippen LogP contribution in [0.5, 0.6) is 5.75 Å². The summed E-state index contributed by atoms with van der Waals surface area (Å²) in [6.45, 7) is 1.66. The van der Waals surface area contributed by atoms with Crippen LogP contribution in [0.2, 0.25) is 0 Å². The highest BCUT2D eigenvalue weighted by Crippen LogP contribution is 2.36. The van der Waals surface area contributed by atoms with Crippen molar-refractivity contribution in [3.63, 3.8) is 0 Å². The van der Waals surface area contributed by atoms with Crippen molar-refractivity contribution in [3.8, 4) is 5.75 Å². The summed E-state index contributed by atoms with van der Waals surface area (Å²) in [5.74, 6) is 0.383. The Labute approximate surface area is 141 Å². The Hall–Kier alpha value is -2.69. The van der Waals surface area contributed by atoms with Gasteiger partial charge in [-0.05, 0) is 42.2 Å². The number of nitrogens with one attached hydrogen (secondary N) is 2. The Morgan fingerprint density at radius 1 is 1.33 bits per heavy atom. The fourth-order valence-corrected chi connectivity index (χ4v) is 3.56. The molecular weight excluding hydrogens is 302 g/mol. The first-order valence-electron chi connectivity index (χ1n) is 8.32. The summed E-state index contributed by atoms with van der Waals surface area (Å²) in [4.78, 5) is 14.9. The standard InChI is InChI=1S/C19H21N3O2/c1-22-9-7-13-11-21-18-17(13)16(22)10-15(19(18)24)20-8-6-12-2-4-14(23)5-3-12/h2-5,10-11,18,20-21,23H,6-9H2,1H3. The van der Waals surface area contributed by atoms with Gasteiger partial charge < -0.3 is 20.6 Å². The zero-order valence-corrected chi connectivity index (χ0v) is 13.7. The first-order valence-corrected chi connectivity index (χ1v) is 8.32. The summed E-state index contributed by atoms with van der Waals surface area (Å²) in [6.07, 6.45) is 5.78. The first kappa shape index (κ1) is 14.9. The third kappa shape index (κ3) is 2.46. The van der Waals surface area contributed by atoms with Gasteiger partial charge in [0.2, 0.25) is 5.78 Å². The lowest BCUT2D eigenvalue weighted by molar-refractivity contribution is -0.116. The summed E-state index contributed by atoms with van der Waals surface area (Å²) in [6, 6.07) is 6.93. The highest BCUT2D eigenvalue weighted by atomic mass is 16.3. The van der Waals surface area contributed by atoms with Gasteiger partial charge in [0.05, 0.1) is 5.70 Å². The van der Waals surface area contributed by atoms with Crippen molar-refractivity contribution >= 4 is 5.78 Å². The van der Waals surface area contributed by atoms with Crippen LogP contribution >= 0.6 is 0 Å². The maximum absolute atomic E-state index is 12.7. The van der Waals surface area contributed by atoms with Crippen molar-refractivity contribution in [2.45, 2.75) is 18.9 Å². The van der Waals surface area contributed by atoms with E-state index in [1.807, 2.05) is 24.4 Å². The smallest absolute Gasteiger partial charge is 0.205 e.